The molecule has 0 N–H and O–H groups in total. The van der Waals surface area contributed by atoms with Crippen LogP contribution in [-0.4, -0.2) is 18.0 Å². The molecule has 2 aromatic heterocycles. The lowest BCUT2D eigenvalue weighted by molar-refractivity contribution is 0.609. The fourth-order valence-electron chi connectivity index (χ4n) is 1.11. The van der Waals surface area contributed by atoms with Crippen molar-refractivity contribution in [3.63, 3.8) is 0 Å². The van der Waals surface area contributed by atoms with Crippen molar-refractivity contribution in [1.82, 2.24) is 9.61 Å². The van der Waals surface area contributed by atoms with Gasteiger partial charge in [0.2, 0.25) is 0 Å². The monoisotopic (exact) mass is 294 g/mol. The molecule has 0 aromatic carbocycles. The molecule has 14 heavy (non-hydrogen) atoms. The molecule has 0 aliphatic heterocycles. The van der Waals surface area contributed by atoms with Crippen LogP contribution in [0.2, 0.25) is 0 Å². The summed E-state index contributed by atoms with van der Waals surface area (Å²) in [5.74, 6) is 0. The van der Waals surface area contributed by atoms with E-state index in [9.17, 15) is 8.42 Å². The topological polar surface area (TPSA) is 51.4 Å². The minimum Gasteiger partial charge on any atom is -0.227 e. The van der Waals surface area contributed by atoms with E-state index in [0.29, 0.717) is 10.1 Å². The molecule has 0 fully saturated rings. The Kier molecular flexibility index (Phi) is 2.29. The third kappa shape index (κ3) is 1.65. The lowest BCUT2D eigenvalue weighted by atomic mass is 10.4. The highest BCUT2D eigenvalue weighted by molar-refractivity contribution is 9.10. The van der Waals surface area contributed by atoms with Crippen molar-refractivity contribution in [2.45, 2.75) is 4.90 Å². The fourth-order valence-corrected chi connectivity index (χ4v) is 2.58. The molecule has 0 unspecified atom stereocenters. The summed E-state index contributed by atoms with van der Waals surface area (Å²) < 4.78 is 24.2. The average Bonchev–Trinajstić information content (AvgIpc) is 2.50. The van der Waals surface area contributed by atoms with Gasteiger partial charge in [-0.15, -0.1) is 0 Å². The van der Waals surface area contributed by atoms with E-state index in [1.165, 1.54) is 12.1 Å². The number of halogens is 2. The minimum atomic E-state index is -3.69. The van der Waals surface area contributed by atoms with Crippen LogP contribution in [0.3, 0.4) is 0 Å². The Labute approximate surface area is 93.0 Å². The number of nitrogens with zero attached hydrogens (tertiary/aromatic N) is 2. The molecular weight excluding hydrogens is 292 g/mol. The van der Waals surface area contributed by atoms with Gasteiger partial charge in [0.1, 0.15) is 4.60 Å². The maximum atomic E-state index is 11.1. The van der Waals surface area contributed by atoms with E-state index in [2.05, 4.69) is 21.0 Å². The van der Waals surface area contributed by atoms with Crippen molar-refractivity contribution in [1.29, 1.82) is 0 Å². The molecule has 0 amide bonds. The van der Waals surface area contributed by atoms with E-state index in [0.717, 1.165) is 0 Å². The summed E-state index contributed by atoms with van der Waals surface area (Å²) in [5.41, 5.74) is 0.665. The van der Waals surface area contributed by atoms with E-state index >= 15 is 0 Å². The van der Waals surface area contributed by atoms with Gasteiger partial charge >= 0.3 is 0 Å². The molecule has 7 heteroatoms. The number of aromatic nitrogens is 2. The maximum absolute atomic E-state index is 11.1. The summed E-state index contributed by atoms with van der Waals surface area (Å²) in [7, 11) is 1.53. The largest absolute Gasteiger partial charge is 0.261 e. The van der Waals surface area contributed by atoms with Gasteiger partial charge in [-0.05, 0) is 34.1 Å². The summed E-state index contributed by atoms with van der Waals surface area (Å²) in [6, 6.07) is 4.55. The van der Waals surface area contributed by atoms with Gasteiger partial charge in [-0.3, -0.25) is 0 Å². The van der Waals surface area contributed by atoms with Crippen LogP contribution in [0.1, 0.15) is 0 Å². The average molecular weight is 296 g/mol. The normalized spacial score (nSPS) is 12.1. The van der Waals surface area contributed by atoms with E-state index in [1.54, 1.807) is 16.8 Å². The number of hydrogen-bond donors (Lipinski definition) is 0. The van der Waals surface area contributed by atoms with Crippen molar-refractivity contribution in [2.75, 3.05) is 0 Å². The molecule has 0 atom stereocenters. The lowest BCUT2D eigenvalue weighted by Crippen LogP contribution is -1.95. The van der Waals surface area contributed by atoms with Gasteiger partial charge in [-0.2, -0.15) is 5.10 Å². The van der Waals surface area contributed by atoms with Gasteiger partial charge in [0, 0.05) is 10.7 Å². The third-order valence-electron chi connectivity index (χ3n) is 1.71. The Morgan fingerprint density at radius 2 is 2.14 bits per heavy atom. The molecule has 0 aliphatic carbocycles. The highest BCUT2D eigenvalue weighted by atomic mass is 79.9. The van der Waals surface area contributed by atoms with Crippen LogP contribution in [0, 0.1) is 0 Å². The fraction of sp³-hybridized carbons (Fsp3) is 0. The Bertz CT molecular complexity index is 593. The van der Waals surface area contributed by atoms with Gasteiger partial charge in [0.25, 0.3) is 9.05 Å². The minimum absolute atomic E-state index is 0.0547. The molecule has 0 saturated heterocycles. The zero-order chi connectivity index (χ0) is 10.3. The van der Waals surface area contributed by atoms with Gasteiger partial charge in [0.15, 0.2) is 0 Å². The van der Waals surface area contributed by atoms with Crippen LogP contribution in [-0.2, 0) is 9.05 Å². The molecule has 2 rings (SSSR count). The van der Waals surface area contributed by atoms with Crippen LogP contribution in [0.4, 0.5) is 0 Å². The number of hydrogen-bond acceptors (Lipinski definition) is 3. The Morgan fingerprint density at radius 3 is 2.79 bits per heavy atom. The standard InChI is InChI=1S/C7H4BrClN2O2S/c8-7-4-6(14(9,12)13)3-5-1-2-10-11(5)7/h1-4H. The number of rotatable bonds is 1. The molecule has 0 radical (unpaired) electrons. The predicted octanol–water partition coefficient (Wildman–Crippen LogP) is 2.02. The Hall–Kier alpha value is -0.590. The van der Waals surface area contributed by atoms with E-state index in [1.807, 2.05) is 0 Å². The summed E-state index contributed by atoms with van der Waals surface area (Å²) in [6.07, 6.45) is 1.57. The van der Waals surface area contributed by atoms with Crippen molar-refractivity contribution in [3.05, 3.63) is 29.0 Å². The van der Waals surface area contributed by atoms with Crippen LogP contribution in [0.5, 0.6) is 0 Å². The lowest BCUT2D eigenvalue weighted by Gasteiger charge is -2.00. The molecule has 2 heterocycles. The van der Waals surface area contributed by atoms with Crippen LogP contribution < -0.4 is 0 Å². The van der Waals surface area contributed by atoms with Crippen LogP contribution in [0.15, 0.2) is 33.9 Å². The van der Waals surface area contributed by atoms with Crippen LogP contribution in [0.25, 0.3) is 5.52 Å². The second kappa shape index (κ2) is 3.22. The molecule has 4 nitrogen and oxygen atoms in total. The summed E-state index contributed by atoms with van der Waals surface area (Å²) in [6.45, 7) is 0. The maximum Gasteiger partial charge on any atom is 0.261 e. The molecule has 0 aliphatic rings. The molecule has 74 valence electrons. The molecule has 2 aromatic rings. The molecular formula is C7H4BrClN2O2S. The van der Waals surface area contributed by atoms with Crippen molar-refractivity contribution in [2.24, 2.45) is 0 Å². The second-order valence-electron chi connectivity index (χ2n) is 2.62. The summed E-state index contributed by atoms with van der Waals surface area (Å²) >= 11 is 3.20. The highest BCUT2D eigenvalue weighted by Crippen LogP contribution is 2.22. The van der Waals surface area contributed by atoms with Crippen molar-refractivity contribution >= 4 is 41.2 Å². The first kappa shape index (κ1) is 9.95. The first-order valence-electron chi connectivity index (χ1n) is 3.56. The number of pyridine rings is 1. The smallest absolute Gasteiger partial charge is 0.227 e. The second-order valence-corrected chi connectivity index (χ2v) is 6.00. The van der Waals surface area contributed by atoms with Crippen LogP contribution >= 0.6 is 26.6 Å². The number of fused-ring (bicyclic) bond motifs is 1. The molecule has 0 saturated carbocycles. The van der Waals surface area contributed by atoms with Gasteiger partial charge < -0.3 is 0 Å². The first-order valence-corrected chi connectivity index (χ1v) is 6.67. The van der Waals surface area contributed by atoms with E-state index in [-0.39, 0.29) is 4.90 Å². The summed E-state index contributed by atoms with van der Waals surface area (Å²) in [5, 5.41) is 3.97. The Balaban J connectivity index is 2.83. The first-order chi connectivity index (χ1) is 6.48. The van der Waals surface area contributed by atoms with E-state index in [4.69, 9.17) is 10.7 Å². The van der Waals surface area contributed by atoms with Gasteiger partial charge in [0.05, 0.1) is 16.6 Å². The van der Waals surface area contributed by atoms with Gasteiger partial charge in [-0.1, -0.05) is 0 Å². The quantitative estimate of drug-likeness (QED) is 0.597. The van der Waals surface area contributed by atoms with Crippen molar-refractivity contribution < 1.29 is 8.42 Å². The third-order valence-corrected chi connectivity index (χ3v) is 3.61. The molecule has 0 bridgehead atoms. The zero-order valence-electron chi connectivity index (χ0n) is 6.68. The van der Waals surface area contributed by atoms with E-state index < -0.39 is 9.05 Å². The summed E-state index contributed by atoms with van der Waals surface area (Å²) in [4.78, 5) is 0.0547. The Morgan fingerprint density at radius 1 is 1.43 bits per heavy atom. The SMILES string of the molecule is O=S(=O)(Cl)c1cc(Br)n2nccc2c1. The molecule has 0 spiro atoms. The van der Waals surface area contributed by atoms with Gasteiger partial charge in [-0.25, -0.2) is 12.9 Å². The zero-order valence-corrected chi connectivity index (χ0v) is 9.84. The van der Waals surface area contributed by atoms with Crippen molar-refractivity contribution in [3.8, 4) is 0 Å². The predicted molar refractivity (Wildman–Crippen MR) is 55.9 cm³/mol. The highest BCUT2D eigenvalue weighted by Gasteiger charge is 2.12.